The normalized spacial score (nSPS) is 15.0. The molecular weight excluding hydrogens is 286 g/mol. The second-order valence-corrected chi connectivity index (χ2v) is 5.66. The molecule has 1 aliphatic heterocycles. The summed E-state index contributed by atoms with van der Waals surface area (Å²) in [5, 5.41) is 3.27. The molecule has 1 fully saturated rings. The summed E-state index contributed by atoms with van der Waals surface area (Å²) in [6.07, 6.45) is 0. The molecule has 1 aromatic rings. The van der Waals surface area contributed by atoms with Crippen molar-refractivity contribution in [1.82, 2.24) is 15.1 Å². The molecule has 118 valence electrons. The van der Waals surface area contributed by atoms with Crippen LogP contribution in [0.25, 0.3) is 0 Å². The van der Waals surface area contributed by atoms with E-state index < -0.39 is 0 Å². The summed E-state index contributed by atoms with van der Waals surface area (Å²) in [5.74, 6) is 0.235. The van der Waals surface area contributed by atoms with Crippen molar-refractivity contribution in [2.24, 2.45) is 0 Å². The van der Waals surface area contributed by atoms with Gasteiger partial charge in [0.2, 0.25) is 5.91 Å². The van der Waals surface area contributed by atoms with Crippen molar-refractivity contribution in [3.63, 3.8) is 0 Å². The first-order chi connectivity index (χ1) is 9.58. The van der Waals surface area contributed by atoms with Gasteiger partial charge in [-0.25, -0.2) is 0 Å². The third kappa shape index (κ3) is 4.99. The van der Waals surface area contributed by atoms with E-state index >= 15 is 0 Å². The zero-order valence-corrected chi connectivity index (χ0v) is 14.0. The summed E-state index contributed by atoms with van der Waals surface area (Å²) in [7, 11) is 2.02. The van der Waals surface area contributed by atoms with Crippen molar-refractivity contribution < 1.29 is 4.79 Å². The molecular formula is C16H26ClN3O. The molecule has 0 aliphatic carbocycles. The molecule has 0 atom stereocenters. The minimum absolute atomic E-state index is 0. The Morgan fingerprint density at radius 2 is 1.95 bits per heavy atom. The Labute approximate surface area is 133 Å². The summed E-state index contributed by atoms with van der Waals surface area (Å²) in [6.45, 7) is 9.07. The Balaban J connectivity index is 0.00000220. The highest BCUT2D eigenvalue weighted by Gasteiger charge is 2.17. The summed E-state index contributed by atoms with van der Waals surface area (Å²) in [5.41, 5.74) is 3.94. The van der Waals surface area contributed by atoms with E-state index in [4.69, 9.17) is 0 Å². The van der Waals surface area contributed by atoms with Gasteiger partial charge in [0.1, 0.15) is 0 Å². The molecule has 1 N–H and O–H groups in total. The van der Waals surface area contributed by atoms with E-state index in [0.29, 0.717) is 6.54 Å². The Hall–Kier alpha value is -1.10. The van der Waals surface area contributed by atoms with Crippen LogP contribution < -0.4 is 5.32 Å². The highest BCUT2D eigenvalue weighted by Crippen LogP contribution is 2.14. The smallest absolute Gasteiger partial charge is 0.236 e. The van der Waals surface area contributed by atoms with Gasteiger partial charge < -0.3 is 10.2 Å². The van der Waals surface area contributed by atoms with Gasteiger partial charge in [-0.2, -0.15) is 0 Å². The Morgan fingerprint density at radius 3 is 2.62 bits per heavy atom. The van der Waals surface area contributed by atoms with E-state index in [0.717, 1.165) is 32.7 Å². The molecule has 1 aliphatic rings. The van der Waals surface area contributed by atoms with Gasteiger partial charge in [-0.05, 0) is 37.6 Å². The fourth-order valence-corrected chi connectivity index (χ4v) is 2.57. The predicted molar refractivity (Wildman–Crippen MR) is 88.9 cm³/mol. The standard InChI is InChI=1S/C16H25N3O.ClH/c1-13-5-4-6-15(14(13)2)11-18(3)12-16(20)19-9-7-17-8-10-19;/h4-6,17H,7-12H2,1-3H3;1H. The van der Waals surface area contributed by atoms with Crippen LogP contribution in [0.2, 0.25) is 0 Å². The van der Waals surface area contributed by atoms with Gasteiger partial charge in [0, 0.05) is 32.7 Å². The van der Waals surface area contributed by atoms with Crippen LogP contribution in [0.1, 0.15) is 16.7 Å². The van der Waals surface area contributed by atoms with Crippen LogP contribution in [-0.2, 0) is 11.3 Å². The molecule has 0 saturated carbocycles. The van der Waals surface area contributed by atoms with Crippen LogP contribution in [0.3, 0.4) is 0 Å². The maximum atomic E-state index is 12.2. The summed E-state index contributed by atoms with van der Waals surface area (Å²) < 4.78 is 0. The number of hydrogen-bond donors (Lipinski definition) is 1. The van der Waals surface area contributed by atoms with Crippen molar-refractivity contribution in [3.05, 3.63) is 34.9 Å². The second kappa shape index (κ2) is 8.37. The van der Waals surface area contributed by atoms with Gasteiger partial charge >= 0.3 is 0 Å². The Bertz CT molecular complexity index is 473. The average Bonchev–Trinajstić information content (AvgIpc) is 2.45. The van der Waals surface area contributed by atoms with Crippen LogP contribution in [0, 0.1) is 13.8 Å². The average molecular weight is 312 g/mol. The number of benzene rings is 1. The third-order valence-electron chi connectivity index (χ3n) is 4.03. The van der Waals surface area contributed by atoms with Crippen molar-refractivity contribution in [2.45, 2.75) is 20.4 Å². The highest BCUT2D eigenvalue weighted by atomic mass is 35.5. The molecule has 2 rings (SSSR count). The molecule has 0 unspecified atom stereocenters. The van der Waals surface area contributed by atoms with E-state index in [1.165, 1.54) is 16.7 Å². The fraction of sp³-hybridized carbons (Fsp3) is 0.562. The summed E-state index contributed by atoms with van der Waals surface area (Å²) >= 11 is 0. The van der Waals surface area contributed by atoms with Gasteiger partial charge in [-0.3, -0.25) is 9.69 Å². The molecule has 1 heterocycles. The predicted octanol–water partition coefficient (Wildman–Crippen LogP) is 1.59. The highest BCUT2D eigenvalue weighted by molar-refractivity contribution is 5.85. The van der Waals surface area contributed by atoms with Crippen LogP contribution >= 0.6 is 12.4 Å². The number of piperazine rings is 1. The number of carbonyl (C=O) groups is 1. The molecule has 0 aromatic heterocycles. The van der Waals surface area contributed by atoms with E-state index in [1.54, 1.807) is 0 Å². The largest absolute Gasteiger partial charge is 0.339 e. The molecule has 4 nitrogen and oxygen atoms in total. The molecule has 1 aromatic carbocycles. The molecule has 0 bridgehead atoms. The zero-order chi connectivity index (χ0) is 14.5. The van der Waals surface area contributed by atoms with Gasteiger partial charge in [0.25, 0.3) is 0 Å². The first kappa shape index (κ1) is 18.0. The van der Waals surface area contributed by atoms with E-state index in [2.05, 4.69) is 42.3 Å². The number of halogens is 1. The van der Waals surface area contributed by atoms with E-state index in [-0.39, 0.29) is 18.3 Å². The lowest BCUT2D eigenvalue weighted by molar-refractivity contribution is -0.132. The minimum atomic E-state index is 0. The number of amides is 1. The molecule has 0 radical (unpaired) electrons. The number of aryl methyl sites for hydroxylation is 1. The van der Waals surface area contributed by atoms with Crippen molar-refractivity contribution in [2.75, 3.05) is 39.8 Å². The SMILES string of the molecule is Cc1cccc(CN(C)CC(=O)N2CCNCC2)c1C.Cl. The van der Waals surface area contributed by atoms with Crippen molar-refractivity contribution in [3.8, 4) is 0 Å². The number of nitrogens with one attached hydrogen (secondary N) is 1. The van der Waals surface area contributed by atoms with Crippen LogP contribution in [0.5, 0.6) is 0 Å². The number of hydrogen-bond acceptors (Lipinski definition) is 3. The Kier molecular flexibility index (Phi) is 7.15. The van der Waals surface area contributed by atoms with Gasteiger partial charge in [0.15, 0.2) is 0 Å². The van der Waals surface area contributed by atoms with Crippen LogP contribution in [0.4, 0.5) is 0 Å². The van der Waals surface area contributed by atoms with Crippen molar-refractivity contribution in [1.29, 1.82) is 0 Å². The maximum Gasteiger partial charge on any atom is 0.236 e. The molecule has 21 heavy (non-hydrogen) atoms. The van der Waals surface area contributed by atoms with Crippen LogP contribution in [0.15, 0.2) is 18.2 Å². The quantitative estimate of drug-likeness (QED) is 0.917. The zero-order valence-electron chi connectivity index (χ0n) is 13.2. The first-order valence-corrected chi connectivity index (χ1v) is 7.30. The topological polar surface area (TPSA) is 35.6 Å². The van der Waals surface area contributed by atoms with Crippen LogP contribution in [-0.4, -0.2) is 55.5 Å². The van der Waals surface area contributed by atoms with Gasteiger partial charge in [0.05, 0.1) is 6.54 Å². The number of likely N-dealkylation sites (N-methyl/N-ethyl adjacent to an activating group) is 1. The lowest BCUT2D eigenvalue weighted by Crippen LogP contribution is -2.49. The number of rotatable bonds is 4. The lowest BCUT2D eigenvalue weighted by atomic mass is 10.0. The monoisotopic (exact) mass is 311 g/mol. The van der Waals surface area contributed by atoms with Gasteiger partial charge in [-0.15, -0.1) is 12.4 Å². The second-order valence-electron chi connectivity index (χ2n) is 5.66. The number of carbonyl (C=O) groups excluding carboxylic acids is 1. The first-order valence-electron chi connectivity index (χ1n) is 7.30. The lowest BCUT2D eigenvalue weighted by Gasteiger charge is -2.29. The van der Waals surface area contributed by atoms with E-state index in [1.807, 2.05) is 11.9 Å². The molecule has 0 spiro atoms. The molecule has 5 heteroatoms. The van der Waals surface area contributed by atoms with Crippen molar-refractivity contribution >= 4 is 18.3 Å². The summed E-state index contributed by atoms with van der Waals surface area (Å²) in [4.78, 5) is 16.3. The summed E-state index contributed by atoms with van der Waals surface area (Å²) in [6, 6.07) is 6.36. The number of nitrogens with zero attached hydrogens (tertiary/aromatic N) is 2. The Morgan fingerprint density at radius 1 is 1.29 bits per heavy atom. The van der Waals surface area contributed by atoms with Gasteiger partial charge in [-0.1, -0.05) is 18.2 Å². The minimum Gasteiger partial charge on any atom is -0.339 e. The molecule has 1 amide bonds. The fourth-order valence-electron chi connectivity index (χ4n) is 2.57. The maximum absolute atomic E-state index is 12.2. The molecule has 1 saturated heterocycles. The van der Waals surface area contributed by atoms with E-state index in [9.17, 15) is 4.79 Å². The third-order valence-corrected chi connectivity index (χ3v) is 4.03.